The molecule has 0 heterocycles. The van der Waals surface area contributed by atoms with Gasteiger partial charge in [-0.1, -0.05) is 110 Å². The smallest absolute Gasteiger partial charge is 0.307 e. The van der Waals surface area contributed by atoms with Gasteiger partial charge in [-0.25, -0.2) is 0 Å². The van der Waals surface area contributed by atoms with Crippen molar-refractivity contribution in [2.45, 2.75) is 136 Å². The highest BCUT2D eigenvalue weighted by Crippen LogP contribution is 2.19. The molecule has 0 amide bonds. The van der Waals surface area contributed by atoms with Crippen LogP contribution in [0.5, 0.6) is 0 Å². The molecule has 0 aliphatic rings. The van der Waals surface area contributed by atoms with Gasteiger partial charge in [0.1, 0.15) is 6.54 Å². The standard InChI is InChI=1S/C28H55NO4/c1-6-7-8-9-10-11-12-13-14-15-16-17-20-25(2)21-18-19-22-28(32)33-26(23-27(30)31)24-29(3,4)5/h25-26H,6-24H2,1-5H3/p+1. The van der Waals surface area contributed by atoms with Crippen LogP contribution in [0.25, 0.3) is 0 Å². The third kappa shape index (κ3) is 23.8. The summed E-state index contributed by atoms with van der Waals surface area (Å²) in [7, 11) is 5.92. The topological polar surface area (TPSA) is 63.6 Å². The molecule has 0 aromatic carbocycles. The molecular formula is C28H56NO4+. The zero-order valence-electron chi connectivity index (χ0n) is 22.7. The van der Waals surface area contributed by atoms with E-state index in [4.69, 9.17) is 9.84 Å². The Kier molecular flexibility index (Phi) is 19.6. The molecule has 2 unspecified atom stereocenters. The van der Waals surface area contributed by atoms with Gasteiger partial charge in [0.15, 0.2) is 6.10 Å². The van der Waals surface area contributed by atoms with Crippen molar-refractivity contribution >= 4 is 11.9 Å². The number of carboxylic acids is 1. The molecule has 0 aliphatic heterocycles. The lowest BCUT2D eigenvalue weighted by molar-refractivity contribution is -0.873. The fourth-order valence-corrected chi connectivity index (χ4v) is 4.43. The Bertz CT molecular complexity index is 487. The van der Waals surface area contributed by atoms with Crippen LogP contribution in [0.3, 0.4) is 0 Å². The highest BCUT2D eigenvalue weighted by atomic mass is 16.5. The fourth-order valence-electron chi connectivity index (χ4n) is 4.43. The lowest BCUT2D eigenvalue weighted by atomic mass is 9.96. The van der Waals surface area contributed by atoms with E-state index in [0.717, 1.165) is 19.3 Å². The molecule has 0 aliphatic carbocycles. The number of unbranched alkanes of at least 4 members (excludes halogenated alkanes) is 12. The van der Waals surface area contributed by atoms with Crippen molar-refractivity contribution in [2.75, 3.05) is 27.7 Å². The molecule has 33 heavy (non-hydrogen) atoms. The second-order valence-electron chi connectivity index (χ2n) is 11.2. The summed E-state index contributed by atoms with van der Waals surface area (Å²) >= 11 is 0. The molecule has 0 aromatic rings. The first kappa shape index (κ1) is 31.9. The van der Waals surface area contributed by atoms with Crippen molar-refractivity contribution < 1.29 is 23.9 Å². The van der Waals surface area contributed by atoms with Gasteiger partial charge in [-0.2, -0.15) is 0 Å². The van der Waals surface area contributed by atoms with Crippen LogP contribution in [0.15, 0.2) is 0 Å². The van der Waals surface area contributed by atoms with E-state index in [0.29, 0.717) is 23.4 Å². The van der Waals surface area contributed by atoms with Crippen LogP contribution < -0.4 is 0 Å². The average molecular weight is 471 g/mol. The van der Waals surface area contributed by atoms with Crippen LogP contribution in [0.2, 0.25) is 0 Å². The summed E-state index contributed by atoms with van der Waals surface area (Å²) in [5.74, 6) is -0.474. The molecule has 0 saturated carbocycles. The van der Waals surface area contributed by atoms with E-state index in [1.165, 1.54) is 83.5 Å². The molecule has 0 saturated heterocycles. The third-order valence-corrected chi connectivity index (χ3v) is 6.33. The molecular weight excluding hydrogens is 414 g/mol. The summed E-state index contributed by atoms with van der Waals surface area (Å²) in [4.78, 5) is 23.2. The summed E-state index contributed by atoms with van der Waals surface area (Å²) in [5, 5.41) is 9.06. The predicted octanol–water partition coefficient (Wildman–Crippen LogP) is 7.37. The number of carbonyl (C=O) groups excluding carboxylic acids is 1. The van der Waals surface area contributed by atoms with Gasteiger partial charge in [0.2, 0.25) is 0 Å². The van der Waals surface area contributed by atoms with E-state index in [1.807, 2.05) is 21.1 Å². The minimum absolute atomic E-state index is 0.128. The summed E-state index contributed by atoms with van der Waals surface area (Å²) in [5.41, 5.74) is 0. The van der Waals surface area contributed by atoms with E-state index in [2.05, 4.69) is 13.8 Å². The van der Waals surface area contributed by atoms with E-state index < -0.39 is 12.1 Å². The lowest BCUT2D eigenvalue weighted by Gasteiger charge is -2.28. The van der Waals surface area contributed by atoms with Crippen molar-refractivity contribution in [1.82, 2.24) is 0 Å². The summed E-state index contributed by atoms with van der Waals surface area (Å²) in [6, 6.07) is 0. The number of quaternary nitrogens is 1. The number of rotatable bonds is 23. The normalized spacial score (nSPS) is 13.6. The SMILES string of the molecule is CCCCCCCCCCCCCCC(C)CCCCC(=O)OC(CC(=O)O)C[N+](C)(C)C. The van der Waals surface area contributed by atoms with E-state index in [-0.39, 0.29) is 12.4 Å². The lowest BCUT2D eigenvalue weighted by Crippen LogP contribution is -2.43. The molecule has 0 rings (SSSR count). The van der Waals surface area contributed by atoms with Crippen LogP contribution in [-0.2, 0) is 14.3 Å². The molecule has 0 radical (unpaired) electrons. The molecule has 0 fully saturated rings. The summed E-state index contributed by atoms with van der Waals surface area (Å²) in [6.07, 6.45) is 20.7. The largest absolute Gasteiger partial charge is 0.481 e. The zero-order chi connectivity index (χ0) is 25.0. The maximum absolute atomic E-state index is 12.1. The predicted molar refractivity (Wildman–Crippen MR) is 138 cm³/mol. The van der Waals surface area contributed by atoms with Gasteiger partial charge in [-0.15, -0.1) is 0 Å². The van der Waals surface area contributed by atoms with Crippen LogP contribution >= 0.6 is 0 Å². The van der Waals surface area contributed by atoms with Gasteiger partial charge < -0.3 is 14.3 Å². The van der Waals surface area contributed by atoms with Gasteiger partial charge in [0, 0.05) is 6.42 Å². The number of nitrogens with zero attached hydrogens (tertiary/aromatic N) is 1. The number of aliphatic carboxylic acids is 1. The second kappa shape index (κ2) is 20.3. The van der Waals surface area contributed by atoms with Crippen molar-refractivity contribution in [3.8, 4) is 0 Å². The van der Waals surface area contributed by atoms with Crippen molar-refractivity contribution in [3.63, 3.8) is 0 Å². The third-order valence-electron chi connectivity index (χ3n) is 6.33. The molecule has 5 nitrogen and oxygen atoms in total. The molecule has 0 spiro atoms. The second-order valence-corrected chi connectivity index (χ2v) is 11.2. The summed E-state index contributed by atoms with van der Waals surface area (Å²) < 4.78 is 6.03. The van der Waals surface area contributed by atoms with Gasteiger partial charge in [0.05, 0.1) is 27.6 Å². The van der Waals surface area contributed by atoms with Gasteiger partial charge in [-0.05, 0) is 12.3 Å². The number of ether oxygens (including phenoxy) is 1. The summed E-state index contributed by atoms with van der Waals surface area (Å²) in [6.45, 7) is 5.10. The zero-order valence-corrected chi connectivity index (χ0v) is 22.7. The van der Waals surface area contributed by atoms with E-state index >= 15 is 0 Å². The van der Waals surface area contributed by atoms with Gasteiger partial charge in [-0.3, -0.25) is 9.59 Å². The fraction of sp³-hybridized carbons (Fsp3) is 0.929. The molecule has 196 valence electrons. The number of hydrogen-bond donors (Lipinski definition) is 1. The minimum Gasteiger partial charge on any atom is -0.481 e. The van der Waals surface area contributed by atoms with Crippen molar-refractivity contribution in [2.24, 2.45) is 5.92 Å². The van der Waals surface area contributed by atoms with E-state index in [1.54, 1.807) is 0 Å². The Hall–Kier alpha value is -1.10. The Morgan fingerprint density at radius 1 is 0.758 bits per heavy atom. The van der Waals surface area contributed by atoms with Crippen molar-refractivity contribution in [3.05, 3.63) is 0 Å². The Balaban J connectivity index is 3.66. The molecule has 5 heteroatoms. The van der Waals surface area contributed by atoms with Crippen LogP contribution in [0.1, 0.15) is 129 Å². The quantitative estimate of drug-likeness (QED) is 0.0962. The molecule has 0 aromatic heterocycles. The monoisotopic (exact) mass is 470 g/mol. The Morgan fingerprint density at radius 3 is 1.67 bits per heavy atom. The average Bonchev–Trinajstić information content (AvgIpc) is 2.70. The maximum Gasteiger partial charge on any atom is 0.307 e. The first-order chi connectivity index (χ1) is 15.6. The first-order valence-electron chi connectivity index (χ1n) is 13.9. The van der Waals surface area contributed by atoms with Crippen LogP contribution in [0.4, 0.5) is 0 Å². The highest BCUT2D eigenvalue weighted by molar-refractivity contribution is 5.71. The number of likely N-dealkylation sites (N-methyl/N-ethyl adjacent to an activating group) is 1. The van der Waals surface area contributed by atoms with Crippen molar-refractivity contribution in [1.29, 1.82) is 0 Å². The maximum atomic E-state index is 12.1. The number of carbonyl (C=O) groups is 2. The van der Waals surface area contributed by atoms with Gasteiger partial charge in [0.25, 0.3) is 0 Å². The molecule has 2 atom stereocenters. The number of esters is 1. The molecule has 1 N–H and O–H groups in total. The Morgan fingerprint density at radius 2 is 1.21 bits per heavy atom. The first-order valence-corrected chi connectivity index (χ1v) is 13.9. The van der Waals surface area contributed by atoms with Crippen LogP contribution in [0, 0.1) is 5.92 Å². The highest BCUT2D eigenvalue weighted by Gasteiger charge is 2.24. The van der Waals surface area contributed by atoms with Crippen LogP contribution in [-0.4, -0.2) is 55.3 Å². The molecule has 0 bridgehead atoms. The van der Waals surface area contributed by atoms with E-state index in [9.17, 15) is 9.59 Å². The van der Waals surface area contributed by atoms with Gasteiger partial charge >= 0.3 is 11.9 Å². The number of carboxylic acid groups (broad SMARTS) is 1. The number of hydrogen-bond acceptors (Lipinski definition) is 3. The Labute approximate surface area is 205 Å². The minimum atomic E-state index is -0.923.